The molecule has 0 radical (unpaired) electrons. The van der Waals surface area contributed by atoms with E-state index in [9.17, 15) is 13.6 Å². The third kappa shape index (κ3) is 2.08. The summed E-state index contributed by atoms with van der Waals surface area (Å²) in [4.78, 5) is 10.6. The van der Waals surface area contributed by atoms with E-state index in [-0.39, 0.29) is 8.95 Å². The van der Waals surface area contributed by atoms with Gasteiger partial charge in [0, 0.05) is 0 Å². The van der Waals surface area contributed by atoms with E-state index < -0.39 is 22.4 Å². The van der Waals surface area contributed by atoms with E-state index in [0.717, 1.165) is 6.07 Å². The number of rotatable bonds is 1. The number of carbonyl (C=O) groups is 1. The lowest BCUT2D eigenvalue weighted by molar-refractivity contribution is 0.107. The van der Waals surface area contributed by atoms with Crippen molar-refractivity contribution in [2.75, 3.05) is 0 Å². The van der Waals surface area contributed by atoms with Crippen molar-refractivity contribution < 1.29 is 13.6 Å². The zero-order valence-electron chi connectivity index (χ0n) is 5.88. The van der Waals surface area contributed by atoms with Crippen LogP contribution in [0.1, 0.15) is 10.4 Å². The highest BCUT2D eigenvalue weighted by Gasteiger charge is 2.20. The minimum absolute atomic E-state index is 0.0234. The molecule has 0 atom stereocenters. The van der Waals surface area contributed by atoms with E-state index in [1.54, 1.807) is 0 Å². The third-order valence-electron chi connectivity index (χ3n) is 1.31. The molecule has 0 aliphatic heterocycles. The van der Waals surface area contributed by atoms with Crippen LogP contribution in [0, 0.1) is 11.6 Å². The van der Waals surface area contributed by atoms with Crippen molar-refractivity contribution in [1.29, 1.82) is 0 Å². The van der Waals surface area contributed by atoms with Crippen molar-refractivity contribution in [3.8, 4) is 0 Å². The summed E-state index contributed by atoms with van der Waals surface area (Å²) in [6, 6.07) is 1.16. The number of benzene rings is 1. The molecule has 0 saturated carbocycles. The Labute approximate surface area is 94.3 Å². The largest absolute Gasteiger partial charge is 0.275 e. The van der Waals surface area contributed by atoms with Crippen molar-refractivity contribution in [1.82, 2.24) is 0 Å². The van der Waals surface area contributed by atoms with Gasteiger partial charge in [-0.05, 0) is 49.5 Å². The molecule has 0 amide bonds. The lowest BCUT2D eigenvalue weighted by Crippen LogP contribution is -2.01. The van der Waals surface area contributed by atoms with Gasteiger partial charge in [-0.25, -0.2) is 8.78 Å². The summed E-state index contributed by atoms with van der Waals surface area (Å²) in [5, 5.41) is -1.17. The van der Waals surface area contributed by atoms with Crippen LogP contribution in [-0.4, -0.2) is 5.24 Å². The summed E-state index contributed by atoms with van der Waals surface area (Å²) < 4.78 is 26.1. The molecule has 0 aliphatic rings. The number of hydrogen-bond acceptors (Lipinski definition) is 1. The molecule has 6 heteroatoms. The maximum atomic E-state index is 13.1. The molecule has 0 unspecified atom stereocenters. The molecule has 0 aromatic heterocycles. The van der Waals surface area contributed by atoms with Gasteiger partial charge in [0.25, 0.3) is 5.24 Å². The Morgan fingerprint density at radius 3 is 1.92 bits per heavy atom. The van der Waals surface area contributed by atoms with E-state index in [1.165, 1.54) is 0 Å². The average Bonchev–Trinajstić information content (AvgIpc) is 2.01. The van der Waals surface area contributed by atoms with Gasteiger partial charge in [-0.3, -0.25) is 4.79 Å². The highest BCUT2D eigenvalue weighted by Crippen LogP contribution is 2.29. The molecule has 0 bridgehead atoms. The zero-order valence-corrected chi connectivity index (χ0v) is 9.80. The summed E-state index contributed by atoms with van der Waals surface area (Å²) in [5.41, 5.74) is -0.761. The summed E-state index contributed by atoms with van der Waals surface area (Å²) in [7, 11) is 0. The molecule has 1 aromatic carbocycles. The minimum atomic E-state index is -1.17. The van der Waals surface area contributed by atoms with Crippen molar-refractivity contribution >= 4 is 48.7 Å². The molecular weight excluding hydrogens is 333 g/mol. The maximum Gasteiger partial charge on any atom is 0.258 e. The van der Waals surface area contributed by atoms with E-state index in [0.29, 0.717) is 0 Å². The monoisotopic (exact) mass is 332 g/mol. The fourth-order valence-corrected chi connectivity index (χ4v) is 2.07. The Bertz CT molecular complexity index is 355. The smallest absolute Gasteiger partial charge is 0.258 e. The van der Waals surface area contributed by atoms with Crippen molar-refractivity contribution in [3.63, 3.8) is 0 Å². The Balaban J connectivity index is 3.56. The topological polar surface area (TPSA) is 17.1 Å². The first-order valence-corrected chi connectivity index (χ1v) is 4.94. The number of halogens is 5. The number of carbonyl (C=O) groups excluding carboxylic acids is 1. The predicted octanol–water partition coefficient (Wildman–Crippen LogP) is 3.87. The molecule has 0 aliphatic carbocycles. The molecular formula is C7HBr2ClF2O. The molecule has 0 N–H and O–H groups in total. The van der Waals surface area contributed by atoms with Gasteiger partial charge < -0.3 is 0 Å². The van der Waals surface area contributed by atoms with Crippen LogP contribution in [0.25, 0.3) is 0 Å². The molecule has 0 fully saturated rings. The molecule has 13 heavy (non-hydrogen) atoms. The van der Waals surface area contributed by atoms with Crippen molar-refractivity contribution in [3.05, 3.63) is 32.2 Å². The van der Waals surface area contributed by atoms with Gasteiger partial charge in [-0.1, -0.05) is 0 Å². The van der Waals surface area contributed by atoms with Crippen LogP contribution < -0.4 is 0 Å². The Morgan fingerprint density at radius 1 is 1.23 bits per heavy atom. The van der Waals surface area contributed by atoms with E-state index in [1.807, 2.05) is 0 Å². The standard InChI is InChI=1S/C7HBr2ClF2O/c8-2-1-3(9)6(12)4(5(2)11)7(10)13/h1H. The summed E-state index contributed by atoms with van der Waals surface area (Å²) >= 11 is 10.6. The third-order valence-corrected chi connectivity index (χ3v) is 2.65. The lowest BCUT2D eigenvalue weighted by atomic mass is 10.2. The first-order valence-electron chi connectivity index (χ1n) is 2.98. The second kappa shape index (κ2) is 4.02. The van der Waals surface area contributed by atoms with E-state index in [4.69, 9.17) is 11.6 Å². The van der Waals surface area contributed by atoms with Crippen molar-refractivity contribution in [2.24, 2.45) is 0 Å². The minimum Gasteiger partial charge on any atom is -0.275 e. The summed E-state index contributed by atoms with van der Waals surface area (Å²) in [5.74, 6) is -2.00. The van der Waals surface area contributed by atoms with Crippen molar-refractivity contribution in [2.45, 2.75) is 0 Å². The SMILES string of the molecule is O=C(Cl)c1c(F)c(Br)cc(Br)c1F. The fourth-order valence-electron chi connectivity index (χ4n) is 0.746. The van der Waals surface area contributed by atoms with E-state index in [2.05, 4.69) is 31.9 Å². The second-order valence-electron chi connectivity index (χ2n) is 2.12. The van der Waals surface area contributed by atoms with Crippen LogP contribution in [0.4, 0.5) is 8.78 Å². The van der Waals surface area contributed by atoms with Crippen LogP contribution in [0.3, 0.4) is 0 Å². The van der Waals surface area contributed by atoms with Crippen LogP contribution >= 0.6 is 43.5 Å². The van der Waals surface area contributed by atoms with Gasteiger partial charge in [-0.2, -0.15) is 0 Å². The highest BCUT2D eigenvalue weighted by atomic mass is 79.9. The Hall–Kier alpha value is -0.0000000000000000555. The number of hydrogen-bond donors (Lipinski definition) is 0. The quantitative estimate of drug-likeness (QED) is 0.563. The fraction of sp³-hybridized carbons (Fsp3) is 0. The Kier molecular flexibility index (Phi) is 3.43. The predicted molar refractivity (Wildman–Crippen MR) is 51.9 cm³/mol. The first kappa shape index (κ1) is 11.1. The van der Waals surface area contributed by atoms with Gasteiger partial charge >= 0.3 is 0 Å². The average molecular weight is 334 g/mol. The zero-order chi connectivity index (χ0) is 10.2. The molecule has 0 saturated heterocycles. The van der Waals surface area contributed by atoms with Gasteiger partial charge in [-0.15, -0.1) is 0 Å². The lowest BCUT2D eigenvalue weighted by Gasteiger charge is -2.03. The van der Waals surface area contributed by atoms with Crippen LogP contribution in [-0.2, 0) is 0 Å². The Morgan fingerprint density at radius 2 is 1.62 bits per heavy atom. The van der Waals surface area contributed by atoms with Gasteiger partial charge in [0.05, 0.1) is 8.95 Å². The van der Waals surface area contributed by atoms with Gasteiger partial charge in [0.2, 0.25) is 0 Å². The molecule has 1 aromatic rings. The van der Waals surface area contributed by atoms with Crippen LogP contribution in [0.2, 0.25) is 0 Å². The second-order valence-corrected chi connectivity index (χ2v) is 4.17. The molecule has 1 nitrogen and oxygen atoms in total. The van der Waals surface area contributed by atoms with Gasteiger partial charge in [0.1, 0.15) is 5.56 Å². The summed E-state index contributed by atoms with van der Waals surface area (Å²) in [6.45, 7) is 0. The molecule has 0 heterocycles. The maximum absolute atomic E-state index is 13.1. The first-order chi connectivity index (χ1) is 5.95. The van der Waals surface area contributed by atoms with Crippen LogP contribution in [0.15, 0.2) is 15.0 Å². The molecule has 0 spiro atoms. The highest BCUT2D eigenvalue weighted by molar-refractivity contribution is 9.11. The van der Waals surface area contributed by atoms with Crippen LogP contribution in [0.5, 0.6) is 0 Å². The van der Waals surface area contributed by atoms with Gasteiger partial charge in [0.15, 0.2) is 11.6 Å². The molecule has 70 valence electrons. The van der Waals surface area contributed by atoms with E-state index >= 15 is 0 Å². The molecule has 1 rings (SSSR count). The normalized spacial score (nSPS) is 10.2. The summed E-state index contributed by atoms with van der Waals surface area (Å²) in [6.07, 6.45) is 0.